The minimum Gasteiger partial charge on any atom is -0.489 e. The van der Waals surface area contributed by atoms with Crippen molar-refractivity contribution in [1.82, 2.24) is 10.3 Å². The van der Waals surface area contributed by atoms with Gasteiger partial charge in [0.25, 0.3) is 0 Å². The highest BCUT2D eigenvalue weighted by atomic mass is 16.5. The summed E-state index contributed by atoms with van der Waals surface area (Å²) < 4.78 is 11.4. The number of hydrogen-bond acceptors (Lipinski definition) is 5. The van der Waals surface area contributed by atoms with E-state index in [2.05, 4.69) is 16.9 Å². The molecule has 3 rings (SSSR count). The van der Waals surface area contributed by atoms with Crippen molar-refractivity contribution in [3.05, 3.63) is 81.5 Å². The molecule has 30 heavy (non-hydrogen) atoms. The molecule has 1 N–H and O–H groups in total. The van der Waals surface area contributed by atoms with Gasteiger partial charge in [-0.1, -0.05) is 12.6 Å². The standard InChI is InChI=1S/C24H26N2O4/c1-15(2)14-29-21-10-8-19-16(3)20(24(28)30-23(19)17(21)4)9-11-22(27)26-13-18-7-5-6-12-25-18/h5-8,10,12H,1,9,11,13-14H2,2-4H3,(H,26,27). The van der Waals surface area contributed by atoms with Gasteiger partial charge in [0.05, 0.1) is 12.2 Å². The first kappa shape index (κ1) is 21.3. The van der Waals surface area contributed by atoms with E-state index in [0.29, 0.717) is 36.5 Å². The van der Waals surface area contributed by atoms with Crippen LogP contribution in [0.2, 0.25) is 0 Å². The number of nitrogens with one attached hydrogen (secondary N) is 1. The summed E-state index contributed by atoms with van der Waals surface area (Å²) in [4.78, 5) is 29.0. The lowest BCUT2D eigenvalue weighted by atomic mass is 10.00. The first-order valence-electron chi connectivity index (χ1n) is 9.86. The zero-order valence-corrected chi connectivity index (χ0v) is 17.6. The number of benzene rings is 1. The average Bonchev–Trinajstić information content (AvgIpc) is 2.72. The van der Waals surface area contributed by atoms with Crippen molar-refractivity contribution < 1.29 is 13.9 Å². The number of aromatic nitrogens is 1. The summed E-state index contributed by atoms with van der Waals surface area (Å²) >= 11 is 0. The van der Waals surface area contributed by atoms with E-state index < -0.39 is 5.63 Å². The van der Waals surface area contributed by atoms with Crippen LogP contribution in [-0.4, -0.2) is 17.5 Å². The van der Waals surface area contributed by atoms with Crippen LogP contribution in [0.3, 0.4) is 0 Å². The zero-order chi connectivity index (χ0) is 21.7. The molecule has 0 bridgehead atoms. The van der Waals surface area contributed by atoms with E-state index in [0.717, 1.165) is 27.8 Å². The molecule has 0 aliphatic heterocycles. The fourth-order valence-electron chi connectivity index (χ4n) is 3.24. The molecule has 0 saturated carbocycles. The molecule has 0 saturated heterocycles. The molecule has 0 spiro atoms. The Morgan fingerprint density at radius 1 is 1.20 bits per heavy atom. The van der Waals surface area contributed by atoms with Gasteiger partial charge >= 0.3 is 5.63 Å². The molecular formula is C24H26N2O4. The van der Waals surface area contributed by atoms with Crippen molar-refractivity contribution in [2.75, 3.05) is 6.61 Å². The molecule has 0 atom stereocenters. The number of amides is 1. The third-order valence-corrected chi connectivity index (χ3v) is 4.92. The van der Waals surface area contributed by atoms with Crippen molar-refractivity contribution in [2.45, 2.75) is 40.2 Å². The Labute approximate surface area is 175 Å². The lowest BCUT2D eigenvalue weighted by Crippen LogP contribution is -2.24. The van der Waals surface area contributed by atoms with Gasteiger partial charge in [0, 0.05) is 29.1 Å². The molecule has 2 heterocycles. The quantitative estimate of drug-likeness (QED) is 0.452. The Morgan fingerprint density at radius 2 is 2.00 bits per heavy atom. The number of pyridine rings is 1. The molecule has 6 nitrogen and oxygen atoms in total. The maximum absolute atomic E-state index is 12.6. The van der Waals surface area contributed by atoms with Crippen molar-refractivity contribution in [1.29, 1.82) is 0 Å². The van der Waals surface area contributed by atoms with Crippen molar-refractivity contribution >= 4 is 16.9 Å². The maximum atomic E-state index is 12.6. The van der Waals surface area contributed by atoms with E-state index in [1.165, 1.54) is 0 Å². The SMILES string of the molecule is C=C(C)COc1ccc2c(C)c(CCC(=O)NCc3ccccn3)c(=O)oc2c1C. The Kier molecular flexibility index (Phi) is 6.67. The summed E-state index contributed by atoms with van der Waals surface area (Å²) in [6, 6.07) is 9.30. The predicted molar refractivity (Wildman–Crippen MR) is 117 cm³/mol. The molecule has 2 aromatic heterocycles. The second-order valence-corrected chi connectivity index (χ2v) is 7.40. The van der Waals surface area contributed by atoms with E-state index in [4.69, 9.17) is 9.15 Å². The first-order chi connectivity index (χ1) is 14.4. The topological polar surface area (TPSA) is 81.4 Å². The van der Waals surface area contributed by atoms with Gasteiger partial charge in [-0.2, -0.15) is 0 Å². The van der Waals surface area contributed by atoms with Gasteiger partial charge in [0.1, 0.15) is 17.9 Å². The molecule has 0 unspecified atom stereocenters. The van der Waals surface area contributed by atoms with Crippen LogP contribution in [0.1, 0.15) is 35.7 Å². The number of rotatable bonds is 8. The van der Waals surface area contributed by atoms with Crippen LogP contribution in [-0.2, 0) is 17.8 Å². The third kappa shape index (κ3) is 4.95. The summed E-state index contributed by atoms with van der Waals surface area (Å²) in [7, 11) is 0. The van der Waals surface area contributed by atoms with Gasteiger partial charge in [-0.3, -0.25) is 9.78 Å². The van der Waals surface area contributed by atoms with Crippen LogP contribution in [0, 0.1) is 13.8 Å². The summed E-state index contributed by atoms with van der Waals surface area (Å²) in [6.07, 6.45) is 2.19. The average molecular weight is 406 g/mol. The van der Waals surface area contributed by atoms with Crippen LogP contribution < -0.4 is 15.7 Å². The second kappa shape index (κ2) is 9.39. The summed E-state index contributed by atoms with van der Waals surface area (Å²) in [5, 5.41) is 3.67. The fraction of sp³-hybridized carbons (Fsp3) is 0.292. The van der Waals surface area contributed by atoms with Gasteiger partial charge in [-0.05, 0) is 62.6 Å². The molecule has 0 fully saturated rings. The maximum Gasteiger partial charge on any atom is 0.339 e. The zero-order valence-electron chi connectivity index (χ0n) is 17.6. The monoisotopic (exact) mass is 406 g/mol. The molecule has 156 valence electrons. The second-order valence-electron chi connectivity index (χ2n) is 7.40. The van der Waals surface area contributed by atoms with Gasteiger partial charge in [0.2, 0.25) is 5.91 Å². The molecule has 1 amide bonds. The van der Waals surface area contributed by atoms with E-state index >= 15 is 0 Å². The van der Waals surface area contributed by atoms with Crippen LogP contribution in [0.25, 0.3) is 11.0 Å². The van der Waals surface area contributed by atoms with Crippen molar-refractivity contribution in [3.8, 4) is 5.75 Å². The third-order valence-electron chi connectivity index (χ3n) is 4.92. The smallest absolute Gasteiger partial charge is 0.339 e. The number of carbonyl (C=O) groups is 1. The van der Waals surface area contributed by atoms with Crippen molar-refractivity contribution in [3.63, 3.8) is 0 Å². The Hall–Kier alpha value is -3.41. The highest BCUT2D eigenvalue weighted by molar-refractivity contribution is 5.85. The summed E-state index contributed by atoms with van der Waals surface area (Å²) in [6.45, 7) is 10.2. The van der Waals surface area contributed by atoms with Crippen LogP contribution >= 0.6 is 0 Å². The summed E-state index contributed by atoms with van der Waals surface area (Å²) in [5.41, 5.74) is 3.90. The summed E-state index contributed by atoms with van der Waals surface area (Å²) in [5.74, 6) is 0.522. The molecule has 6 heteroatoms. The van der Waals surface area contributed by atoms with E-state index in [1.807, 2.05) is 51.1 Å². The van der Waals surface area contributed by atoms with E-state index in [1.54, 1.807) is 6.20 Å². The Balaban J connectivity index is 1.74. The number of ether oxygens (including phenoxy) is 1. The van der Waals surface area contributed by atoms with Gasteiger partial charge in [0.15, 0.2) is 0 Å². The van der Waals surface area contributed by atoms with E-state index in [9.17, 15) is 9.59 Å². The number of carbonyl (C=O) groups excluding carboxylic acids is 1. The van der Waals surface area contributed by atoms with Gasteiger partial charge < -0.3 is 14.5 Å². The molecule has 0 aliphatic carbocycles. The molecule has 0 radical (unpaired) electrons. The number of fused-ring (bicyclic) bond motifs is 1. The molecule has 0 aliphatic rings. The van der Waals surface area contributed by atoms with Crippen LogP contribution in [0.15, 0.2) is 57.9 Å². The lowest BCUT2D eigenvalue weighted by molar-refractivity contribution is -0.121. The number of aryl methyl sites for hydroxylation is 2. The predicted octanol–water partition coefficient (Wildman–Crippen LogP) is 4.01. The highest BCUT2D eigenvalue weighted by Gasteiger charge is 2.16. The van der Waals surface area contributed by atoms with Gasteiger partial charge in [-0.25, -0.2) is 4.79 Å². The number of hydrogen-bond donors (Lipinski definition) is 1. The molecule has 1 aromatic carbocycles. The minimum atomic E-state index is -0.419. The van der Waals surface area contributed by atoms with Crippen LogP contribution in [0.4, 0.5) is 0 Å². The van der Waals surface area contributed by atoms with Gasteiger partial charge in [-0.15, -0.1) is 0 Å². The fourth-order valence-corrected chi connectivity index (χ4v) is 3.24. The normalized spacial score (nSPS) is 10.8. The van der Waals surface area contributed by atoms with Crippen molar-refractivity contribution in [2.24, 2.45) is 0 Å². The largest absolute Gasteiger partial charge is 0.489 e. The molecular weight excluding hydrogens is 380 g/mol. The van der Waals surface area contributed by atoms with E-state index in [-0.39, 0.29) is 12.3 Å². The Bertz CT molecular complexity index is 1130. The van der Waals surface area contributed by atoms with Crippen LogP contribution in [0.5, 0.6) is 5.75 Å². The minimum absolute atomic E-state index is 0.140. The molecule has 3 aromatic rings. The Morgan fingerprint density at radius 3 is 2.70 bits per heavy atom. The lowest BCUT2D eigenvalue weighted by Gasteiger charge is -2.13. The highest BCUT2D eigenvalue weighted by Crippen LogP contribution is 2.29. The number of nitrogens with zero attached hydrogens (tertiary/aromatic N) is 1. The first-order valence-corrected chi connectivity index (χ1v) is 9.86.